The summed E-state index contributed by atoms with van der Waals surface area (Å²) in [5.41, 5.74) is 1.97. The lowest BCUT2D eigenvalue weighted by Gasteiger charge is -2.22. The van der Waals surface area contributed by atoms with E-state index in [1.165, 1.54) is 0 Å². The Kier molecular flexibility index (Phi) is 4.26. The van der Waals surface area contributed by atoms with Crippen LogP contribution in [0, 0.1) is 5.92 Å². The van der Waals surface area contributed by atoms with E-state index in [-0.39, 0.29) is 24.0 Å². The highest BCUT2D eigenvalue weighted by atomic mass is 16.4. The van der Waals surface area contributed by atoms with Gasteiger partial charge in [0.15, 0.2) is 0 Å². The Morgan fingerprint density at radius 1 is 1.26 bits per heavy atom. The highest BCUT2D eigenvalue weighted by molar-refractivity contribution is 5.94. The van der Waals surface area contributed by atoms with Crippen LogP contribution in [0.15, 0.2) is 24.3 Å². The molecule has 2 N–H and O–H groups in total. The van der Waals surface area contributed by atoms with E-state index in [4.69, 9.17) is 5.11 Å². The molecule has 0 spiro atoms. The number of nitrogens with zero attached hydrogens (tertiary/aromatic N) is 2. The second-order valence-electron chi connectivity index (χ2n) is 6.54. The van der Waals surface area contributed by atoms with Crippen molar-refractivity contribution in [1.29, 1.82) is 0 Å². The van der Waals surface area contributed by atoms with Crippen molar-refractivity contribution in [1.82, 2.24) is 10.2 Å². The normalized spacial score (nSPS) is 24.7. The zero-order valence-electron chi connectivity index (χ0n) is 13.5. The summed E-state index contributed by atoms with van der Waals surface area (Å²) in [7, 11) is 0. The van der Waals surface area contributed by atoms with Gasteiger partial charge in [0.05, 0.1) is 5.92 Å². The fourth-order valence-electron chi connectivity index (χ4n) is 3.34. The summed E-state index contributed by atoms with van der Waals surface area (Å²) >= 11 is 0. The molecule has 0 aliphatic carbocycles. The van der Waals surface area contributed by atoms with Gasteiger partial charge in [-0.2, -0.15) is 0 Å². The van der Waals surface area contributed by atoms with Crippen molar-refractivity contribution in [3.05, 3.63) is 29.8 Å². The number of aliphatic carboxylic acids is 1. The summed E-state index contributed by atoms with van der Waals surface area (Å²) in [4.78, 5) is 27.1. The molecule has 3 rings (SSSR count). The molecule has 1 aromatic rings. The van der Waals surface area contributed by atoms with Crippen molar-refractivity contribution in [2.24, 2.45) is 5.92 Å². The van der Waals surface area contributed by atoms with Gasteiger partial charge in [-0.25, -0.2) is 4.79 Å². The van der Waals surface area contributed by atoms with Gasteiger partial charge in [-0.15, -0.1) is 0 Å². The van der Waals surface area contributed by atoms with Crippen molar-refractivity contribution in [2.75, 3.05) is 24.5 Å². The molecule has 1 aromatic carbocycles. The van der Waals surface area contributed by atoms with Crippen LogP contribution in [-0.4, -0.2) is 47.7 Å². The first-order valence-electron chi connectivity index (χ1n) is 8.11. The molecule has 2 aliphatic rings. The van der Waals surface area contributed by atoms with Crippen LogP contribution in [0.2, 0.25) is 0 Å². The van der Waals surface area contributed by atoms with Crippen LogP contribution in [0.4, 0.5) is 10.5 Å². The molecule has 0 saturated carbocycles. The average molecular weight is 317 g/mol. The molecule has 0 bridgehead atoms. The SMILES string of the molecule is CC(C)N1CCN(c2ccc(C3CC(C(=O)O)CN3)cc2)C1=O. The number of amides is 2. The molecule has 23 heavy (non-hydrogen) atoms. The number of carbonyl (C=O) groups is 2. The highest BCUT2D eigenvalue weighted by Crippen LogP contribution is 2.29. The second-order valence-corrected chi connectivity index (χ2v) is 6.54. The van der Waals surface area contributed by atoms with Crippen LogP contribution >= 0.6 is 0 Å². The number of hydrogen-bond acceptors (Lipinski definition) is 3. The lowest BCUT2D eigenvalue weighted by molar-refractivity contribution is -0.141. The summed E-state index contributed by atoms with van der Waals surface area (Å²) in [6.07, 6.45) is 0.610. The molecule has 2 fully saturated rings. The van der Waals surface area contributed by atoms with Crippen LogP contribution in [0.5, 0.6) is 0 Å². The zero-order chi connectivity index (χ0) is 16.6. The van der Waals surface area contributed by atoms with Gasteiger partial charge in [0, 0.05) is 37.4 Å². The predicted octanol–water partition coefficient (Wildman–Crippen LogP) is 2.07. The largest absolute Gasteiger partial charge is 0.481 e. The van der Waals surface area contributed by atoms with Gasteiger partial charge in [-0.05, 0) is 38.0 Å². The van der Waals surface area contributed by atoms with E-state index in [0.29, 0.717) is 19.5 Å². The number of urea groups is 1. The number of carboxylic acids is 1. The minimum Gasteiger partial charge on any atom is -0.481 e. The lowest BCUT2D eigenvalue weighted by atomic mass is 10.00. The minimum atomic E-state index is -0.743. The summed E-state index contributed by atoms with van der Waals surface area (Å²) in [5, 5.41) is 12.3. The fourth-order valence-corrected chi connectivity index (χ4v) is 3.34. The molecule has 6 heteroatoms. The Bertz CT molecular complexity index is 600. The molecule has 2 atom stereocenters. The van der Waals surface area contributed by atoms with Crippen LogP contribution in [0.1, 0.15) is 31.9 Å². The second kappa shape index (κ2) is 6.20. The number of anilines is 1. The lowest BCUT2D eigenvalue weighted by Crippen LogP contribution is -2.36. The number of carbonyl (C=O) groups excluding carboxylic acids is 1. The molecule has 0 aromatic heterocycles. The third kappa shape index (κ3) is 3.03. The molecule has 124 valence electrons. The molecule has 2 unspecified atom stereocenters. The molecule has 2 heterocycles. The number of nitrogens with one attached hydrogen (secondary N) is 1. The predicted molar refractivity (Wildman–Crippen MR) is 87.5 cm³/mol. The third-order valence-electron chi connectivity index (χ3n) is 4.75. The summed E-state index contributed by atoms with van der Waals surface area (Å²) < 4.78 is 0. The fraction of sp³-hybridized carbons (Fsp3) is 0.529. The smallest absolute Gasteiger partial charge is 0.324 e. The Balaban J connectivity index is 1.69. The first kappa shape index (κ1) is 15.8. The Hall–Kier alpha value is -2.08. The molecule has 6 nitrogen and oxygen atoms in total. The summed E-state index contributed by atoms with van der Waals surface area (Å²) in [6, 6.07) is 8.22. The van der Waals surface area contributed by atoms with E-state index < -0.39 is 5.97 Å². The summed E-state index contributed by atoms with van der Waals surface area (Å²) in [6.45, 7) is 6.02. The van der Waals surface area contributed by atoms with E-state index in [9.17, 15) is 9.59 Å². The molecule has 2 amide bonds. The van der Waals surface area contributed by atoms with E-state index in [2.05, 4.69) is 5.32 Å². The molecular weight excluding hydrogens is 294 g/mol. The first-order chi connectivity index (χ1) is 11.0. The van der Waals surface area contributed by atoms with E-state index in [1.807, 2.05) is 43.0 Å². The van der Waals surface area contributed by atoms with Gasteiger partial charge in [0.25, 0.3) is 0 Å². The standard InChI is InChI=1S/C17H23N3O3/c1-11(2)19-7-8-20(17(19)23)14-5-3-12(4-6-14)15-9-13(10-18-15)16(21)22/h3-6,11,13,15,18H,7-10H2,1-2H3,(H,21,22). The number of rotatable bonds is 4. The van der Waals surface area contributed by atoms with E-state index in [1.54, 1.807) is 4.90 Å². The monoisotopic (exact) mass is 317 g/mol. The van der Waals surface area contributed by atoms with Gasteiger partial charge in [0.2, 0.25) is 0 Å². The van der Waals surface area contributed by atoms with Crippen molar-refractivity contribution in [3.8, 4) is 0 Å². The Morgan fingerprint density at radius 2 is 1.96 bits per heavy atom. The Morgan fingerprint density at radius 3 is 2.48 bits per heavy atom. The summed E-state index contributed by atoms with van der Waals surface area (Å²) in [5.74, 6) is -1.06. The third-order valence-corrected chi connectivity index (χ3v) is 4.75. The van der Waals surface area contributed by atoms with Gasteiger partial charge in [-0.1, -0.05) is 12.1 Å². The first-order valence-corrected chi connectivity index (χ1v) is 8.11. The maximum absolute atomic E-state index is 12.4. The molecule has 2 aliphatic heterocycles. The Labute approximate surface area is 136 Å². The van der Waals surface area contributed by atoms with Crippen LogP contribution in [0.25, 0.3) is 0 Å². The topological polar surface area (TPSA) is 72.9 Å². The van der Waals surface area contributed by atoms with Crippen LogP contribution in [-0.2, 0) is 4.79 Å². The van der Waals surface area contributed by atoms with Gasteiger partial charge >= 0.3 is 12.0 Å². The number of hydrogen-bond donors (Lipinski definition) is 2. The average Bonchev–Trinajstić information content (AvgIpc) is 3.14. The highest BCUT2D eigenvalue weighted by Gasteiger charge is 2.32. The maximum Gasteiger partial charge on any atom is 0.324 e. The van der Waals surface area contributed by atoms with Crippen LogP contribution < -0.4 is 10.2 Å². The van der Waals surface area contributed by atoms with Crippen molar-refractivity contribution in [3.63, 3.8) is 0 Å². The van der Waals surface area contributed by atoms with E-state index in [0.717, 1.165) is 17.8 Å². The van der Waals surface area contributed by atoms with Gasteiger partial charge < -0.3 is 15.3 Å². The molecular formula is C17H23N3O3. The van der Waals surface area contributed by atoms with Crippen molar-refractivity contribution >= 4 is 17.7 Å². The molecule has 0 radical (unpaired) electrons. The number of carboxylic acid groups (broad SMARTS) is 1. The van der Waals surface area contributed by atoms with Crippen molar-refractivity contribution in [2.45, 2.75) is 32.4 Å². The minimum absolute atomic E-state index is 0.0534. The van der Waals surface area contributed by atoms with Crippen molar-refractivity contribution < 1.29 is 14.7 Å². The molecule has 2 saturated heterocycles. The van der Waals surface area contributed by atoms with Gasteiger partial charge in [0.1, 0.15) is 0 Å². The van der Waals surface area contributed by atoms with E-state index >= 15 is 0 Å². The maximum atomic E-state index is 12.4. The number of benzene rings is 1. The zero-order valence-corrected chi connectivity index (χ0v) is 13.5. The van der Waals surface area contributed by atoms with Gasteiger partial charge in [-0.3, -0.25) is 9.69 Å². The van der Waals surface area contributed by atoms with Crippen LogP contribution in [0.3, 0.4) is 0 Å². The quantitative estimate of drug-likeness (QED) is 0.892.